The van der Waals surface area contributed by atoms with Gasteiger partial charge in [0.2, 0.25) is 0 Å². The van der Waals surface area contributed by atoms with E-state index in [0.717, 1.165) is 17.0 Å². The van der Waals surface area contributed by atoms with Gasteiger partial charge in [-0.05, 0) is 42.1 Å². The van der Waals surface area contributed by atoms with Crippen molar-refractivity contribution < 1.29 is 9.90 Å². The maximum atomic E-state index is 11.8. The summed E-state index contributed by atoms with van der Waals surface area (Å²) in [5.41, 5.74) is 3.84. The van der Waals surface area contributed by atoms with Crippen LogP contribution in [0.2, 0.25) is 0 Å². The van der Waals surface area contributed by atoms with Gasteiger partial charge in [0.25, 0.3) is 5.91 Å². The summed E-state index contributed by atoms with van der Waals surface area (Å²) in [6, 6.07) is 9.97. The normalized spacial score (nSPS) is 11.3. The van der Waals surface area contributed by atoms with Crippen molar-refractivity contribution in [2.75, 3.05) is 0 Å². The van der Waals surface area contributed by atoms with E-state index < -0.39 is 0 Å². The molecule has 1 aromatic carbocycles. The zero-order valence-corrected chi connectivity index (χ0v) is 11.3. The Kier molecular flexibility index (Phi) is 4.30. The predicted octanol–water partition coefficient (Wildman–Crippen LogP) is 3.00. The summed E-state index contributed by atoms with van der Waals surface area (Å²) in [5.74, 6) is -0.157. The lowest BCUT2D eigenvalue weighted by Gasteiger charge is -2.03. The largest absolute Gasteiger partial charge is 0.508 e. The average molecular weight is 274 g/mol. The Morgan fingerprint density at radius 3 is 2.63 bits per heavy atom. The number of phenols is 1. The van der Waals surface area contributed by atoms with Crippen molar-refractivity contribution in [1.82, 2.24) is 5.43 Å². The molecule has 1 aromatic heterocycles. The molecule has 0 spiro atoms. The molecule has 0 atom stereocenters. The Hall–Kier alpha value is -2.14. The average Bonchev–Trinajstić information content (AvgIpc) is 2.94. The minimum Gasteiger partial charge on any atom is -0.508 e. The molecule has 5 heteroatoms. The fourth-order valence-electron chi connectivity index (χ4n) is 1.55. The van der Waals surface area contributed by atoms with Crippen LogP contribution in [0.5, 0.6) is 5.75 Å². The van der Waals surface area contributed by atoms with Crippen LogP contribution in [0.4, 0.5) is 0 Å². The maximum absolute atomic E-state index is 11.8. The Morgan fingerprint density at radius 2 is 2.05 bits per heavy atom. The van der Waals surface area contributed by atoms with Crippen molar-refractivity contribution in [3.63, 3.8) is 0 Å². The van der Waals surface area contributed by atoms with Gasteiger partial charge in [-0.25, -0.2) is 5.43 Å². The molecular weight excluding hydrogens is 260 g/mol. The highest BCUT2D eigenvalue weighted by atomic mass is 32.1. The monoisotopic (exact) mass is 274 g/mol. The first kappa shape index (κ1) is 13.3. The molecular formula is C14H14N2O2S. The Labute approximate surface area is 115 Å². The van der Waals surface area contributed by atoms with E-state index in [-0.39, 0.29) is 11.7 Å². The highest BCUT2D eigenvalue weighted by Gasteiger charge is 2.06. The summed E-state index contributed by atoms with van der Waals surface area (Å²) < 4.78 is 0. The minimum atomic E-state index is -0.289. The Morgan fingerprint density at radius 1 is 1.32 bits per heavy atom. The molecule has 4 nitrogen and oxygen atoms in total. The molecule has 0 aliphatic rings. The molecule has 98 valence electrons. The molecule has 0 aliphatic carbocycles. The van der Waals surface area contributed by atoms with E-state index in [1.807, 2.05) is 24.4 Å². The van der Waals surface area contributed by atoms with Gasteiger partial charge < -0.3 is 5.11 Å². The molecule has 0 radical (unpaired) electrons. The molecule has 0 fully saturated rings. The van der Waals surface area contributed by atoms with Crippen LogP contribution >= 0.6 is 11.3 Å². The lowest BCUT2D eigenvalue weighted by atomic mass is 10.2. The van der Waals surface area contributed by atoms with Crippen molar-refractivity contribution >= 4 is 23.0 Å². The summed E-state index contributed by atoms with van der Waals surface area (Å²) in [5, 5.41) is 15.3. The van der Waals surface area contributed by atoms with Gasteiger partial charge in [-0.15, -0.1) is 11.3 Å². The van der Waals surface area contributed by atoms with Gasteiger partial charge in [0.05, 0.1) is 10.6 Å². The van der Waals surface area contributed by atoms with Gasteiger partial charge in [-0.3, -0.25) is 4.79 Å². The number of benzene rings is 1. The van der Waals surface area contributed by atoms with Crippen molar-refractivity contribution in [2.24, 2.45) is 5.10 Å². The van der Waals surface area contributed by atoms with E-state index in [4.69, 9.17) is 5.11 Å². The number of hydrogen-bond donors (Lipinski definition) is 2. The number of carbonyl (C=O) groups excluding carboxylic acids is 1. The number of hydrogen-bond acceptors (Lipinski definition) is 4. The summed E-state index contributed by atoms with van der Waals surface area (Å²) >= 11 is 1.59. The predicted molar refractivity (Wildman–Crippen MR) is 76.7 cm³/mol. The van der Waals surface area contributed by atoms with E-state index in [1.165, 1.54) is 12.1 Å². The zero-order valence-electron chi connectivity index (χ0n) is 10.5. The van der Waals surface area contributed by atoms with Gasteiger partial charge in [0.15, 0.2) is 0 Å². The van der Waals surface area contributed by atoms with E-state index in [0.29, 0.717) is 5.56 Å². The molecule has 0 saturated heterocycles. The topological polar surface area (TPSA) is 61.7 Å². The fraction of sp³-hybridized carbons (Fsp3) is 0.143. The van der Waals surface area contributed by atoms with Crippen molar-refractivity contribution in [3.8, 4) is 5.75 Å². The Balaban J connectivity index is 2.08. The number of nitrogens with one attached hydrogen (secondary N) is 1. The minimum absolute atomic E-state index is 0.132. The van der Waals surface area contributed by atoms with Gasteiger partial charge in [0.1, 0.15) is 5.75 Å². The number of carbonyl (C=O) groups is 1. The van der Waals surface area contributed by atoms with Gasteiger partial charge in [0, 0.05) is 5.56 Å². The van der Waals surface area contributed by atoms with Crippen LogP contribution in [0, 0.1) is 0 Å². The molecule has 19 heavy (non-hydrogen) atoms. The SMILES string of the molecule is CC/C(=N/NC(=O)c1ccc(O)cc1)c1cccs1. The standard InChI is InChI=1S/C14H14N2O2S/c1-2-12(13-4-3-9-19-13)15-16-14(18)10-5-7-11(17)8-6-10/h3-9,17H,2H2,1H3,(H,16,18)/b15-12-. The van der Waals surface area contributed by atoms with Gasteiger partial charge >= 0.3 is 0 Å². The Bertz CT molecular complexity index is 574. The maximum Gasteiger partial charge on any atom is 0.271 e. The first-order valence-electron chi connectivity index (χ1n) is 5.90. The second kappa shape index (κ2) is 6.15. The zero-order chi connectivity index (χ0) is 13.7. The quantitative estimate of drug-likeness (QED) is 0.665. The number of phenolic OH excluding ortho intramolecular Hbond substituents is 1. The third-order valence-corrected chi connectivity index (χ3v) is 3.48. The molecule has 2 N–H and O–H groups in total. The van der Waals surface area contributed by atoms with Crippen LogP contribution in [0.25, 0.3) is 0 Å². The van der Waals surface area contributed by atoms with Gasteiger partial charge in [-0.1, -0.05) is 13.0 Å². The number of hydrazone groups is 1. The van der Waals surface area contributed by atoms with E-state index in [9.17, 15) is 4.79 Å². The number of aromatic hydroxyl groups is 1. The molecule has 0 aliphatic heterocycles. The van der Waals surface area contributed by atoms with Crippen LogP contribution < -0.4 is 5.43 Å². The van der Waals surface area contributed by atoms with Crippen molar-refractivity contribution in [3.05, 3.63) is 52.2 Å². The lowest BCUT2D eigenvalue weighted by molar-refractivity contribution is 0.0955. The number of amides is 1. The summed E-state index contributed by atoms with van der Waals surface area (Å²) in [4.78, 5) is 12.9. The number of nitrogens with zero attached hydrogens (tertiary/aromatic N) is 1. The van der Waals surface area contributed by atoms with Crippen LogP contribution in [-0.4, -0.2) is 16.7 Å². The molecule has 1 amide bonds. The van der Waals surface area contributed by atoms with E-state index >= 15 is 0 Å². The highest BCUT2D eigenvalue weighted by Crippen LogP contribution is 2.12. The second-order valence-electron chi connectivity index (χ2n) is 3.88. The van der Waals surface area contributed by atoms with Crippen LogP contribution in [-0.2, 0) is 0 Å². The van der Waals surface area contributed by atoms with Crippen LogP contribution in [0.3, 0.4) is 0 Å². The fourth-order valence-corrected chi connectivity index (χ4v) is 2.33. The number of rotatable bonds is 4. The van der Waals surface area contributed by atoms with Crippen LogP contribution in [0.15, 0.2) is 46.9 Å². The molecule has 0 unspecified atom stereocenters. The first-order chi connectivity index (χ1) is 9.20. The molecule has 0 bridgehead atoms. The smallest absolute Gasteiger partial charge is 0.271 e. The van der Waals surface area contributed by atoms with Crippen molar-refractivity contribution in [1.29, 1.82) is 0 Å². The third-order valence-electron chi connectivity index (χ3n) is 2.56. The summed E-state index contributed by atoms with van der Waals surface area (Å²) in [6.07, 6.45) is 0.746. The third kappa shape index (κ3) is 3.42. The van der Waals surface area contributed by atoms with E-state index in [2.05, 4.69) is 10.5 Å². The second-order valence-corrected chi connectivity index (χ2v) is 4.82. The lowest BCUT2D eigenvalue weighted by Crippen LogP contribution is -2.19. The van der Waals surface area contributed by atoms with E-state index in [1.54, 1.807) is 23.5 Å². The first-order valence-corrected chi connectivity index (χ1v) is 6.78. The summed E-state index contributed by atoms with van der Waals surface area (Å²) in [6.45, 7) is 1.99. The molecule has 1 heterocycles. The van der Waals surface area contributed by atoms with Gasteiger partial charge in [-0.2, -0.15) is 5.10 Å². The molecule has 2 rings (SSSR count). The van der Waals surface area contributed by atoms with Crippen LogP contribution in [0.1, 0.15) is 28.6 Å². The molecule has 0 saturated carbocycles. The number of thiophene rings is 1. The highest BCUT2D eigenvalue weighted by molar-refractivity contribution is 7.12. The molecule has 2 aromatic rings. The van der Waals surface area contributed by atoms with Crippen molar-refractivity contribution in [2.45, 2.75) is 13.3 Å². The summed E-state index contributed by atoms with van der Waals surface area (Å²) in [7, 11) is 0.